The molecule has 0 aromatic rings. The molecule has 0 saturated carbocycles. The van der Waals surface area contributed by atoms with Gasteiger partial charge < -0.3 is 39.1 Å². The molecule has 0 aromatic carbocycles. The molecule has 0 aliphatic rings. The molecule has 5 atom stereocenters. The molecule has 322 valence electrons. The number of hydrogen-bond acceptors (Lipinski definition) is 8. The third-order valence-corrected chi connectivity index (χ3v) is 10.5. The summed E-state index contributed by atoms with van der Waals surface area (Å²) < 4.78 is 23.1. The normalized spacial score (nSPS) is 16.0. The van der Waals surface area contributed by atoms with Gasteiger partial charge in [-0.05, 0) is 38.5 Å². The number of aliphatic hydroxyl groups excluding tert-OH is 3. The van der Waals surface area contributed by atoms with Crippen LogP contribution in [0.5, 0.6) is 0 Å². The first-order valence-electron chi connectivity index (χ1n) is 21.7. The Kier molecular flexibility index (Phi) is 34.5. The first-order chi connectivity index (χ1) is 26.3. The summed E-state index contributed by atoms with van der Waals surface area (Å²) >= 11 is 0. The number of quaternary nitrogens is 1. The van der Waals surface area contributed by atoms with E-state index in [9.17, 15) is 29.6 Å². The Hall–Kier alpha value is -1.62. The van der Waals surface area contributed by atoms with Gasteiger partial charge in [-0.3, -0.25) is 9.36 Å². The minimum Gasteiger partial charge on any atom is -0.756 e. The maximum atomic E-state index is 12.9. The molecule has 0 spiro atoms. The fourth-order valence-electron chi connectivity index (χ4n) is 5.94. The number of likely N-dealkylation sites (N-methyl/N-ethyl adjacent to an activating group) is 1. The van der Waals surface area contributed by atoms with E-state index in [0.29, 0.717) is 36.7 Å². The Bertz CT molecular complexity index is 1070. The summed E-state index contributed by atoms with van der Waals surface area (Å²) in [5, 5.41) is 34.2. The van der Waals surface area contributed by atoms with Crippen LogP contribution in [0.25, 0.3) is 0 Å². The van der Waals surface area contributed by atoms with Gasteiger partial charge in [0.15, 0.2) is 0 Å². The molecule has 0 heterocycles. The van der Waals surface area contributed by atoms with Gasteiger partial charge in [-0.25, -0.2) is 0 Å². The molecule has 0 aliphatic heterocycles. The number of amides is 1. The fraction of sp³-hybridized carbons (Fsp3) is 0.795. The molecule has 10 nitrogen and oxygen atoms in total. The summed E-state index contributed by atoms with van der Waals surface area (Å²) in [6, 6.07) is -0.915. The number of rotatable bonds is 38. The van der Waals surface area contributed by atoms with Gasteiger partial charge in [0.05, 0.1) is 52.1 Å². The Morgan fingerprint density at radius 1 is 0.691 bits per heavy atom. The van der Waals surface area contributed by atoms with E-state index in [0.717, 1.165) is 32.1 Å². The molecule has 0 radical (unpaired) electrons. The summed E-state index contributed by atoms with van der Waals surface area (Å²) in [4.78, 5) is 25.3. The van der Waals surface area contributed by atoms with Crippen LogP contribution in [0.4, 0.5) is 0 Å². The first-order valence-corrected chi connectivity index (χ1v) is 23.2. The predicted molar refractivity (Wildman–Crippen MR) is 226 cm³/mol. The lowest BCUT2D eigenvalue weighted by Crippen LogP contribution is -2.46. The Labute approximate surface area is 336 Å². The van der Waals surface area contributed by atoms with E-state index in [1.165, 1.54) is 83.5 Å². The highest BCUT2D eigenvalue weighted by Crippen LogP contribution is 2.38. The van der Waals surface area contributed by atoms with Crippen LogP contribution in [0.3, 0.4) is 0 Å². The van der Waals surface area contributed by atoms with E-state index in [1.807, 2.05) is 27.2 Å². The Morgan fingerprint density at radius 3 is 1.78 bits per heavy atom. The smallest absolute Gasteiger partial charge is 0.268 e. The molecule has 0 saturated heterocycles. The summed E-state index contributed by atoms with van der Waals surface area (Å²) in [6.07, 6.45) is 35.9. The van der Waals surface area contributed by atoms with Crippen molar-refractivity contribution >= 4 is 13.7 Å². The number of hydrogen-bond donors (Lipinski definition) is 4. The van der Waals surface area contributed by atoms with E-state index in [2.05, 4.69) is 25.2 Å². The van der Waals surface area contributed by atoms with Crippen molar-refractivity contribution in [3.05, 3.63) is 48.6 Å². The molecule has 11 heteroatoms. The second-order valence-electron chi connectivity index (χ2n) is 16.1. The summed E-state index contributed by atoms with van der Waals surface area (Å²) in [6.45, 7) is 4.44. The second-order valence-corrected chi connectivity index (χ2v) is 17.5. The highest BCUT2D eigenvalue weighted by atomic mass is 31.2. The van der Waals surface area contributed by atoms with Crippen molar-refractivity contribution in [1.82, 2.24) is 5.32 Å². The van der Waals surface area contributed by atoms with E-state index < -0.39 is 38.8 Å². The standard InChI is InChI=1S/C44H83N2O8P/c1-6-8-10-12-14-15-16-17-18-19-20-21-23-29-35-43(49)42(39-54-55(51,52)53-38-37-46(3,4)5)45-44(50)36-30-34-41(48)33-28-25-24-27-32-40(47)31-26-22-13-11-9-7-2/h22,24-28,32-33,40-43,47-49H,6-21,23,29-31,34-39H2,1-5H3,(H-,45,50,51,52)/b25-24+,26-22-,32-27+,33-28-/t40-,41-,42-,43+/m0/s1. The topological polar surface area (TPSA) is 148 Å². The van der Waals surface area contributed by atoms with Crippen LogP contribution in [-0.2, 0) is 18.4 Å². The molecule has 1 unspecified atom stereocenters. The Morgan fingerprint density at radius 2 is 1.22 bits per heavy atom. The number of nitrogens with one attached hydrogen (secondary N) is 1. The van der Waals surface area contributed by atoms with Crippen molar-refractivity contribution in [1.29, 1.82) is 0 Å². The van der Waals surface area contributed by atoms with Crippen LogP contribution in [0, 0.1) is 0 Å². The lowest BCUT2D eigenvalue weighted by atomic mass is 10.0. The second kappa shape index (κ2) is 35.5. The van der Waals surface area contributed by atoms with Crippen molar-refractivity contribution in [3.63, 3.8) is 0 Å². The number of nitrogens with zero attached hydrogens (tertiary/aromatic N) is 1. The molecular formula is C44H83N2O8P. The van der Waals surface area contributed by atoms with Crippen molar-refractivity contribution in [2.75, 3.05) is 40.9 Å². The van der Waals surface area contributed by atoms with Crippen LogP contribution in [0.15, 0.2) is 48.6 Å². The van der Waals surface area contributed by atoms with Crippen LogP contribution < -0.4 is 10.2 Å². The first kappa shape index (κ1) is 53.4. The largest absolute Gasteiger partial charge is 0.756 e. The zero-order chi connectivity index (χ0) is 41.0. The minimum atomic E-state index is -4.63. The number of carbonyl (C=O) groups is 1. The molecule has 55 heavy (non-hydrogen) atoms. The summed E-state index contributed by atoms with van der Waals surface area (Å²) in [5.74, 6) is -0.351. The molecular weight excluding hydrogens is 715 g/mol. The van der Waals surface area contributed by atoms with E-state index >= 15 is 0 Å². The van der Waals surface area contributed by atoms with Crippen LogP contribution >= 0.6 is 7.82 Å². The fourth-order valence-corrected chi connectivity index (χ4v) is 6.66. The van der Waals surface area contributed by atoms with Gasteiger partial charge in [0.2, 0.25) is 5.91 Å². The average Bonchev–Trinajstić information content (AvgIpc) is 3.12. The highest BCUT2D eigenvalue weighted by Gasteiger charge is 2.24. The molecule has 4 N–H and O–H groups in total. The average molecular weight is 799 g/mol. The molecule has 0 fully saturated rings. The highest BCUT2D eigenvalue weighted by molar-refractivity contribution is 7.45. The van der Waals surface area contributed by atoms with Gasteiger partial charge in [-0.1, -0.05) is 165 Å². The Balaban J connectivity index is 4.69. The monoisotopic (exact) mass is 799 g/mol. The van der Waals surface area contributed by atoms with E-state index in [1.54, 1.807) is 36.5 Å². The van der Waals surface area contributed by atoms with Crippen LogP contribution in [0.1, 0.15) is 162 Å². The number of phosphoric acid groups is 1. The molecule has 1 amide bonds. The molecule has 0 rings (SSSR count). The number of carbonyl (C=O) groups excluding carboxylic acids is 1. The van der Waals surface area contributed by atoms with Gasteiger partial charge in [-0.15, -0.1) is 0 Å². The number of unbranched alkanes of at least 4 members (excludes halogenated alkanes) is 16. The van der Waals surface area contributed by atoms with Crippen LogP contribution in [-0.4, -0.2) is 91.0 Å². The zero-order valence-corrected chi connectivity index (χ0v) is 36.5. The van der Waals surface area contributed by atoms with Gasteiger partial charge in [0.1, 0.15) is 13.2 Å². The minimum absolute atomic E-state index is 0.0353. The van der Waals surface area contributed by atoms with Gasteiger partial charge >= 0.3 is 0 Å². The number of phosphoric ester groups is 1. The quantitative estimate of drug-likeness (QED) is 0.0159. The zero-order valence-electron chi connectivity index (χ0n) is 35.6. The SMILES string of the molecule is CCCCC/C=C\C[C@H](O)/C=C/C=C/C=C\[C@H](O)CCCC(=O)N[C@@H](COP(=O)([O-])OCC[N+](C)(C)C)[C@H](O)CCCCCCCCCCCCCCCC. The number of allylic oxidation sites excluding steroid dienone is 5. The molecule has 0 aliphatic carbocycles. The third-order valence-electron chi connectivity index (χ3n) is 9.51. The van der Waals surface area contributed by atoms with E-state index in [-0.39, 0.29) is 18.9 Å². The summed E-state index contributed by atoms with van der Waals surface area (Å²) in [7, 11) is 1.14. The van der Waals surface area contributed by atoms with Crippen LogP contribution in [0.2, 0.25) is 0 Å². The maximum absolute atomic E-state index is 12.9. The predicted octanol–water partition coefficient (Wildman–Crippen LogP) is 9.00. The molecule has 0 aromatic heterocycles. The van der Waals surface area contributed by atoms with Gasteiger partial charge in [0, 0.05) is 6.42 Å². The maximum Gasteiger partial charge on any atom is 0.268 e. The van der Waals surface area contributed by atoms with Gasteiger partial charge in [0.25, 0.3) is 7.82 Å². The van der Waals surface area contributed by atoms with Crippen molar-refractivity contribution in [2.24, 2.45) is 0 Å². The number of aliphatic hydroxyl groups is 3. The molecule has 0 bridgehead atoms. The third kappa shape index (κ3) is 37.7. The lowest BCUT2D eigenvalue weighted by molar-refractivity contribution is -0.870. The lowest BCUT2D eigenvalue weighted by Gasteiger charge is -2.30. The summed E-state index contributed by atoms with van der Waals surface area (Å²) in [5.41, 5.74) is 0. The van der Waals surface area contributed by atoms with E-state index in [4.69, 9.17) is 9.05 Å². The van der Waals surface area contributed by atoms with Crippen molar-refractivity contribution in [3.8, 4) is 0 Å². The van der Waals surface area contributed by atoms with Crippen molar-refractivity contribution < 1.29 is 43.1 Å². The van der Waals surface area contributed by atoms with Crippen molar-refractivity contribution in [2.45, 2.75) is 186 Å². The van der Waals surface area contributed by atoms with Gasteiger partial charge in [-0.2, -0.15) is 0 Å².